The normalized spacial score (nSPS) is 12.1. The standard InChI is InChI=1S/C16H31NO4/c1-3-4-5-6-7-8-9-10-12-21-13-11-15(18)17-14(2)16(19)20/h14H,3-13H2,1-2H3,(H,17,18)(H,19,20)/t14-/m1/s1. The Morgan fingerprint density at radius 3 is 2.14 bits per heavy atom. The zero-order valence-corrected chi connectivity index (χ0v) is 13.5. The van der Waals surface area contributed by atoms with Crippen molar-refractivity contribution in [2.24, 2.45) is 0 Å². The maximum atomic E-state index is 11.4. The average molecular weight is 301 g/mol. The minimum atomic E-state index is -1.02. The van der Waals surface area contributed by atoms with E-state index in [1.54, 1.807) is 0 Å². The summed E-state index contributed by atoms with van der Waals surface area (Å²) in [5.74, 6) is -1.30. The van der Waals surface area contributed by atoms with Crippen molar-refractivity contribution in [1.29, 1.82) is 0 Å². The molecular formula is C16H31NO4. The van der Waals surface area contributed by atoms with Gasteiger partial charge in [0, 0.05) is 13.0 Å². The first-order valence-corrected chi connectivity index (χ1v) is 8.17. The van der Waals surface area contributed by atoms with Gasteiger partial charge in [-0.3, -0.25) is 9.59 Å². The van der Waals surface area contributed by atoms with Crippen LogP contribution < -0.4 is 5.32 Å². The number of hydrogen-bond acceptors (Lipinski definition) is 3. The largest absolute Gasteiger partial charge is 0.480 e. The number of carboxylic acids is 1. The highest BCUT2D eigenvalue weighted by atomic mass is 16.5. The Balaban J connectivity index is 3.25. The Bertz CT molecular complexity index is 281. The number of carbonyl (C=O) groups is 2. The number of carboxylic acid groups (broad SMARTS) is 1. The number of unbranched alkanes of at least 4 members (excludes halogenated alkanes) is 7. The van der Waals surface area contributed by atoms with E-state index in [0.717, 1.165) is 6.42 Å². The molecule has 1 atom stereocenters. The molecule has 0 heterocycles. The van der Waals surface area contributed by atoms with Gasteiger partial charge in [-0.1, -0.05) is 51.9 Å². The minimum absolute atomic E-state index is 0.217. The first-order valence-electron chi connectivity index (χ1n) is 8.17. The van der Waals surface area contributed by atoms with Crippen LogP contribution in [-0.2, 0) is 14.3 Å². The van der Waals surface area contributed by atoms with Gasteiger partial charge in [0.15, 0.2) is 0 Å². The number of carbonyl (C=O) groups excluding carboxylic acids is 1. The van der Waals surface area contributed by atoms with Crippen LogP contribution in [-0.4, -0.2) is 36.2 Å². The average Bonchev–Trinajstić information content (AvgIpc) is 2.44. The molecule has 0 unspecified atom stereocenters. The Labute approximate surface area is 128 Å². The zero-order chi connectivity index (χ0) is 15.9. The molecule has 2 N–H and O–H groups in total. The van der Waals surface area contributed by atoms with E-state index in [4.69, 9.17) is 9.84 Å². The van der Waals surface area contributed by atoms with Crippen LogP contribution in [0.2, 0.25) is 0 Å². The van der Waals surface area contributed by atoms with E-state index in [1.807, 2.05) is 0 Å². The van der Waals surface area contributed by atoms with Crippen LogP contribution in [0.3, 0.4) is 0 Å². The summed E-state index contributed by atoms with van der Waals surface area (Å²) in [4.78, 5) is 21.9. The van der Waals surface area contributed by atoms with Gasteiger partial charge in [0.1, 0.15) is 6.04 Å². The Morgan fingerprint density at radius 2 is 1.57 bits per heavy atom. The highest BCUT2D eigenvalue weighted by molar-refractivity contribution is 5.83. The predicted octanol–water partition coefficient (Wildman–Crippen LogP) is 3.12. The van der Waals surface area contributed by atoms with E-state index in [1.165, 1.54) is 51.9 Å². The molecule has 0 saturated carbocycles. The fourth-order valence-corrected chi connectivity index (χ4v) is 1.98. The number of ether oxygens (including phenoxy) is 1. The highest BCUT2D eigenvalue weighted by Crippen LogP contribution is 2.08. The van der Waals surface area contributed by atoms with Gasteiger partial charge >= 0.3 is 5.97 Å². The summed E-state index contributed by atoms with van der Waals surface area (Å²) in [7, 11) is 0. The van der Waals surface area contributed by atoms with Gasteiger partial charge < -0.3 is 15.2 Å². The molecule has 0 radical (unpaired) electrons. The number of hydrogen-bond donors (Lipinski definition) is 2. The number of rotatable bonds is 14. The lowest BCUT2D eigenvalue weighted by molar-refractivity contribution is -0.141. The summed E-state index contributed by atoms with van der Waals surface area (Å²) in [6.45, 7) is 4.70. The van der Waals surface area contributed by atoms with E-state index in [2.05, 4.69) is 12.2 Å². The monoisotopic (exact) mass is 301 g/mol. The molecule has 0 aliphatic heterocycles. The Hall–Kier alpha value is -1.10. The maximum Gasteiger partial charge on any atom is 0.325 e. The molecule has 0 rings (SSSR count). The minimum Gasteiger partial charge on any atom is -0.480 e. The van der Waals surface area contributed by atoms with Crippen LogP contribution in [0.15, 0.2) is 0 Å². The second kappa shape index (κ2) is 13.9. The summed E-state index contributed by atoms with van der Waals surface area (Å²) < 4.78 is 5.38. The van der Waals surface area contributed by atoms with Gasteiger partial charge in [0.05, 0.1) is 6.61 Å². The van der Waals surface area contributed by atoms with Crippen LogP contribution in [0.4, 0.5) is 0 Å². The SMILES string of the molecule is CCCCCCCCCCOCCC(=O)N[C@H](C)C(=O)O. The van der Waals surface area contributed by atoms with E-state index in [9.17, 15) is 9.59 Å². The molecule has 1 amide bonds. The van der Waals surface area contributed by atoms with Crippen LogP contribution in [0.25, 0.3) is 0 Å². The first-order chi connectivity index (χ1) is 10.1. The van der Waals surface area contributed by atoms with Crippen molar-refractivity contribution in [3.05, 3.63) is 0 Å². The quantitative estimate of drug-likeness (QED) is 0.483. The van der Waals surface area contributed by atoms with Gasteiger partial charge in [0.2, 0.25) is 5.91 Å². The lowest BCUT2D eigenvalue weighted by Gasteiger charge is -2.09. The second-order valence-electron chi connectivity index (χ2n) is 5.46. The van der Waals surface area contributed by atoms with Crippen molar-refractivity contribution in [2.75, 3.05) is 13.2 Å². The highest BCUT2D eigenvalue weighted by Gasteiger charge is 2.13. The third-order valence-electron chi connectivity index (χ3n) is 3.36. The number of nitrogens with one attached hydrogen (secondary N) is 1. The molecule has 0 bridgehead atoms. The number of aliphatic carboxylic acids is 1. The van der Waals surface area contributed by atoms with E-state index < -0.39 is 12.0 Å². The molecule has 0 saturated heterocycles. The van der Waals surface area contributed by atoms with Crippen molar-refractivity contribution >= 4 is 11.9 Å². The van der Waals surface area contributed by atoms with Crippen LogP contribution in [0.5, 0.6) is 0 Å². The molecule has 0 spiro atoms. The van der Waals surface area contributed by atoms with Crippen molar-refractivity contribution in [3.63, 3.8) is 0 Å². The molecule has 5 nitrogen and oxygen atoms in total. The van der Waals surface area contributed by atoms with Crippen molar-refractivity contribution in [3.8, 4) is 0 Å². The summed E-state index contributed by atoms with van der Waals surface area (Å²) >= 11 is 0. The molecule has 0 aliphatic carbocycles. The van der Waals surface area contributed by atoms with Crippen LogP contribution in [0.1, 0.15) is 71.6 Å². The molecule has 0 aliphatic rings. The van der Waals surface area contributed by atoms with Gasteiger partial charge in [0.25, 0.3) is 0 Å². The lowest BCUT2D eigenvalue weighted by Crippen LogP contribution is -2.38. The molecule has 0 aromatic carbocycles. The third-order valence-corrected chi connectivity index (χ3v) is 3.36. The van der Waals surface area contributed by atoms with Gasteiger partial charge in [-0.2, -0.15) is 0 Å². The van der Waals surface area contributed by atoms with E-state index in [-0.39, 0.29) is 12.3 Å². The van der Waals surface area contributed by atoms with Crippen molar-refractivity contribution in [2.45, 2.75) is 77.7 Å². The topological polar surface area (TPSA) is 75.6 Å². The van der Waals surface area contributed by atoms with Crippen LogP contribution in [0, 0.1) is 0 Å². The van der Waals surface area contributed by atoms with Crippen LogP contribution >= 0.6 is 0 Å². The molecule has 0 aromatic rings. The third kappa shape index (κ3) is 13.6. The Kier molecular flexibility index (Phi) is 13.1. The van der Waals surface area contributed by atoms with Crippen molar-refractivity contribution in [1.82, 2.24) is 5.32 Å². The summed E-state index contributed by atoms with van der Waals surface area (Å²) in [5.41, 5.74) is 0. The molecule has 0 fully saturated rings. The molecule has 21 heavy (non-hydrogen) atoms. The van der Waals surface area contributed by atoms with Gasteiger partial charge in [-0.25, -0.2) is 0 Å². The summed E-state index contributed by atoms with van der Waals surface area (Å²) in [6.07, 6.45) is 10.3. The van der Waals surface area contributed by atoms with E-state index >= 15 is 0 Å². The van der Waals surface area contributed by atoms with Gasteiger partial charge in [-0.05, 0) is 13.3 Å². The fourth-order valence-electron chi connectivity index (χ4n) is 1.98. The first kappa shape index (κ1) is 19.9. The maximum absolute atomic E-state index is 11.4. The fraction of sp³-hybridized carbons (Fsp3) is 0.875. The molecule has 5 heteroatoms. The molecular weight excluding hydrogens is 270 g/mol. The predicted molar refractivity (Wildman–Crippen MR) is 83.3 cm³/mol. The summed E-state index contributed by atoms with van der Waals surface area (Å²) in [5, 5.41) is 11.0. The van der Waals surface area contributed by atoms with E-state index in [0.29, 0.717) is 13.2 Å². The Morgan fingerprint density at radius 1 is 1.00 bits per heavy atom. The lowest BCUT2D eigenvalue weighted by atomic mass is 10.1. The smallest absolute Gasteiger partial charge is 0.325 e. The summed E-state index contributed by atoms with van der Waals surface area (Å²) in [6, 6.07) is -0.842. The second-order valence-corrected chi connectivity index (χ2v) is 5.46. The molecule has 124 valence electrons. The number of amides is 1. The molecule has 0 aromatic heterocycles. The van der Waals surface area contributed by atoms with Gasteiger partial charge in [-0.15, -0.1) is 0 Å². The zero-order valence-electron chi connectivity index (χ0n) is 13.5. The van der Waals surface area contributed by atoms with Crippen molar-refractivity contribution < 1.29 is 19.4 Å².